The molecular formula is C19H23NO2. The minimum absolute atomic E-state index is 0.0915. The van der Waals surface area contributed by atoms with E-state index in [1.165, 1.54) is 39.3 Å². The van der Waals surface area contributed by atoms with Crippen molar-refractivity contribution in [1.82, 2.24) is 4.90 Å². The van der Waals surface area contributed by atoms with Crippen molar-refractivity contribution in [1.29, 1.82) is 0 Å². The van der Waals surface area contributed by atoms with E-state index < -0.39 is 0 Å². The lowest BCUT2D eigenvalue weighted by Gasteiger charge is -2.28. The summed E-state index contributed by atoms with van der Waals surface area (Å²) in [4.78, 5) is 25.7. The molecule has 0 radical (unpaired) electrons. The van der Waals surface area contributed by atoms with E-state index in [0.29, 0.717) is 5.92 Å². The van der Waals surface area contributed by atoms with E-state index in [2.05, 4.69) is 32.9 Å². The molecule has 0 N–H and O–H groups in total. The second kappa shape index (κ2) is 5.71. The predicted octanol–water partition coefficient (Wildman–Crippen LogP) is 3.36. The zero-order chi connectivity index (χ0) is 15.9. The monoisotopic (exact) mass is 297 g/mol. The van der Waals surface area contributed by atoms with Crippen LogP contribution in [0, 0.1) is 5.92 Å². The van der Waals surface area contributed by atoms with Gasteiger partial charge >= 0.3 is 0 Å². The van der Waals surface area contributed by atoms with Gasteiger partial charge in [0.25, 0.3) is 11.8 Å². The minimum atomic E-state index is -0.168. The molecule has 0 unspecified atom stereocenters. The number of nitrogens with zero attached hydrogens (tertiary/aromatic N) is 1. The van der Waals surface area contributed by atoms with Crippen molar-refractivity contribution in [3.8, 4) is 0 Å². The molecular weight excluding hydrogens is 274 g/mol. The van der Waals surface area contributed by atoms with Crippen LogP contribution in [0.15, 0.2) is 24.3 Å². The summed E-state index contributed by atoms with van der Waals surface area (Å²) in [6.07, 6.45) is 6.78. The van der Waals surface area contributed by atoms with Gasteiger partial charge in [-0.25, -0.2) is 0 Å². The maximum atomic E-state index is 12.1. The maximum Gasteiger partial charge on any atom is 0.254 e. The van der Waals surface area contributed by atoms with Gasteiger partial charge in [0.1, 0.15) is 0 Å². The molecule has 0 bridgehead atoms. The Kier molecular flexibility index (Phi) is 3.90. The van der Waals surface area contributed by atoms with E-state index in [0.717, 1.165) is 25.7 Å². The third kappa shape index (κ3) is 2.11. The number of fused-ring (bicyclic) bond motifs is 1. The number of hydrogen-bond acceptors (Lipinski definition) is 2. The van der Waals surface area contributed by atoms with Crippen LogP contribution < -0.4 is 0 Å². The highest BCUT2D eigenvalue weighted by Gasteiger charge is 2.42. The molecule has 116 valence electrons. The first-order chi connectivity index (χ1) is 10.6. The van der Waals surface area contributed by atoms with Gasteiger partial charge in [0.05, 0.1) is 6.04 Å². The largest absolute Gasteiger partial charge is 0.269 e. The zero-order valence-corrected chi connectivity index (χ0v) is 13.6. The molecule has 22 heavy (non-hydrogen) atoms. The molecule has 1 aliphatic carbocycles. The summed E-state index contributed by atoms with van der Waals surface area (Å²) >= 11 is 0. The van der Waals surface area contributed by atoms with E-state index in [4.69, 9.17) is 0 Å². The smallest absolute Gasteiger partial charge is 0.254 e. The summed E-state index contributed by atoms with van der Waals surface area (Å²) in [6, 6.07) is 4.24. The highest BCUT2D eigenvalue weighted by atomic mass is 16.2. The van der Waals surface area contributed by atoms with Gasteiger partial charge in [-0.1, -0.05) is 39.3 Å². The van der Waals surface area contributed by atoms with Crippen LogP contribution in [-0.2, 0) is 28.9 Å². The lowest BCUT2D eigenvalue weighted by molar-refractivity contribution is -0.140. The molecule has 3 nitrogen and oxygen atoms in total. The zero-order valence-electron chi connectivity index (χ0n) is 13.6. The Balaban J connectivity index is 2.10. The normalized spacial score (nSPS) is 23.5. The SMILES string of the molecule is CCc1ccc2c(c1CC)C[C@H](CC)[C@@H]2N1C(=O)C=CC1=O. The van der Waals surface area contributed by atoms with Crippen LogP contribution in [0.2, 0.25) is 0 Å². The quantitative estimate of drug-likeness (QED) is 0.799. The molecule has 3 heteroatoms. The van der Waals surface area contributed by atoms with Gasteiger partial charge in [-0.15, -0.1) is 0 Å². The van der Waals surface area contributed by atoms with Crippen LogP contribution in [0.4, 0.5) is 0 Å². The minimum Gasteiger partial charge on any atom is -0.269 e. The fraction of sp³-hybridized carbons (Fsp3) is 0.474. The number of carbonyl (C=O) groups excluding carboxylic acids is 2. The van der Waals surface area contributed by atoms with Crippen LogP contribution in [0.1, 0.15) is 55.5 Å². The summed E-state index contributed by atoms with van der Waals surface area (Å²) < 4.78 is 0. The molecule has 2 atom stereocenters. The Labute approximate surface area is 132 Å². The topological polar surface area (TPSA) is 37.4 Å². The second-order valence-electron chi connectivity index (χ2n) is 6.18. The third-order valence-corrected chi connectivity index (χ3v) is 5.18. The Morgan fingerprint density at radius 1 is 1.05 bits per heavy atom. The van der Waals surface area contributed by atoms with E-state index in [9.17, 15) is 9.59 Å². The van der Waals surface area contributed by atoms with Gasteiger partial charge in [0.15, 0.2) is 0 Å². The molecule has 0 saturated carbocycles. The van der Waals surface area contributed by atoms with Crippen molar-refractivity contribution in [3.63, 3.8) is 0 Å². The number of hydrogen-bond donors (Lipinski definition) is 0. The molecule has 3 rings (SSSR count). The Morgan fingerprint density at radius 2 is 1.73 bits per heavy atom. The first-order valence-corrected chi connectivity index (χ1v) is 8.31. The summed E-state index contributed by atoms with van der Waals surface area (Å²) in [5.74, 6) is -0.00182. The van der Waals surface area contributed by atoms with Crippen molar-refractivity contribution in [2.24, 2.45) is 5.92 Å². The van der Waals surface area contributed by atoms with Crippen molar-refractivity contribution < 1.29 is 9.59 Å². The van der Waals surface area contributed by atoms with Gasteiger partial charge in [0.2, 0.25) is 0 Å². The maximum absolute atomic E-state index is 12.1. The number of imide groups is 1. The summed E-state index contributed by atoms with van der Waals surface area (Å²) in [5, 5.41) is 0. The van der Waals surface area contributed by atoms with Crippen molar-refractivity contribution in [2.75, 3.05) is 0 Å². The number of benzene rings is 1. The molecule has 0 spiro atoms. The third-order valence-electron chi connectivity index (χ3n) is 5.18. The molecule has 0 saturated heterocycles. The van der Waals surface area contributed by atoms with Gasteiger partial charge in [0, 0.05) is 12.2 Å². The molecule has 2 amide bonds. The Morgan fingerprint density at radius 3 is 2.27 bits per heavy atom. The van der Waals surface area contributed by atoms with E-state index in [-0.39, 0.29) is 17.9 Å². The number of amides is 2. The molecule has 0 fully saturated rings. The summed E-state index contributed by atoms with van der Waals surface area (Å²) in [7, 11) is 0. The first-order valence-electron chi connectivity index (χ1n) is 8.31. The van der Waals surface area contributed by atoms with E-state index in [1.807, 2.05) is 0 Å². The highest BCUT2D eigenvalue weighted by Crippen LogP contribution is 2.45. The van der Waals surface area contributed by atoms with Crippen molar-refractivity contribution >= 4 is 11.8 Å². The number of aryl methyl sites for hydroxylation is 1. The predicted molar refractivity (Wildman–Crippen MR) is 86.4 cm³/mol. The lowest BCUT2D eigenvalue weighted by Crippen LogP contribution is -2.36. The van der Waals surface area contributed by atoms with Gasteiger partial charge < -0.3 is 0 Å². The molecule has 2 aliphatic rings. The summed E-state index contributed by atoms with van der Waals surface area (Å²) in [5.41, 5.74) is 5.39. The molecule has 1 aromatic rings. The van der Waals surface area contributed by atoms with Crippen molar-refractivity contribution in [2.45, 2.75) is 52.5 Å². The Bertz CT molecular complexity index is 642. The Hall–Kier alpha value is -1.90. The van der Waals surface area contributed by atoms with Crippen LogP contribution in [0.25, 0.3) is 0 Å². The summed E-state index contributed by atoms with van der Waals surface area (Å²) in [6.45, 7) is 6.52. The average molecular weight is 297 g/mol. The number of rotatable bonds is 4. The fourth-order valence-electron chi connectivity index (χ4n) is 4.08. The van der Waals surface area contributed by atoms with Gasteiger partial charge in [-0.05, 0) is 47.4 Å². The average Bonchev–Trinajstić information content (AvgIpc) is 3.05. The van der Waals surface area contributed by atoms with Crippen LogP contribution in [0.5, 0.6) is 0 Å². The van der Waals surface area contributed by atoms with Gasteiger partial charge in [-0.3, -0.25) is 14.5 Å². The molecule has 1 aliphatic heterocycles. The van der Waals surface area contributed by atoms with Crippen LogP contribution in [-0.4, -0.2) is 16.7 Å². The lowest BCUT2D eigenvalue weighted by atomic mass is 9.93. The van der Waals surface area contributed by atoms with Crippen LogP contribution >= 0.6 is 0 Å². The first kappa shape index (κ1) is 15.0. The number of carbonyl (C=O) groups is 2. The van der Waals surface area contributed by atoms with E-state index >= 15 is 0 Å². The highest BCUT2D eigenvalue weighted by molar-refractivity contribution is 6.13. The van der Waals surface area contributed by atoms with E-state index in [1.54, 1.807) is 0 Å². The molecule has 1 aromatic carbocycles. The van der Waals surface area contributed by atoms with Crippen molar-refractivity contribution in [3.05, 3.63) is 46.5 Å². The molecule has 1 heterocycles. The van der Waals surface area contributed by atoms with Crippen LogP contribution in [0.3, 0.4) is 0 Å². The van der Waals surface area contributed by atoms with Gasteiger partial charge in [-0.2, -0.15) is 0 Å². The fourth-order valence-corrected chi connectivity index (χ4v) is 4.08. The second-order valence-corrected chi connectivity index (χ2v) is 6.18. The molecule has 0 aromatic heterocycles. The standard InChI is InChI=1S/C19H23NO2/c1-4-12-7-8-15-16(14(12)6-3)11-13(5-2)19(15)20-17(21)9-10-18(20)22/h7-10,13,19H,4-6,11H2,1-3H3/t13-,19-/m0/s1.